The minimum absolute atomic E-state index is 0.293. The maximum absolute atomic E-state index is 12.0. The van der Waals surface area contributed by atoms with Crippen molar-refractivity contribution < 1.29 is 14.3 Å². The Hall–Kier alpha value is -2.08. The van der Waals surface area contributed by atoms with Crippen LogP contribution in [0.2, 0.25) is 5.02 Å². The smallest absolute Gasteiger partial charge is 0.338 e. The van der Waals surface area contributed by atoms with Crippen molar-refractivity contribution in [1.82, 2.24) is 0 Å². The van der Waals surface area contributed by atoms with Crippen LogP contribution in [0.25, 0.3) is 11.1 Å². The van der Waals surface area contributed by atoms with Gasteiger partial charge in [0.2, 0.25) is 0 Å². The van der Waals surface area contributed by atoms with Crippen LogP contribution in [0.5, 0.6) is 0 Å². The Kier molecular flexibility index (Phi) is 5.03. The summed E-state index contributed by atoms with van der Waals surface area (Å²) in [6.07, 6.45) is -0.844. The monoisotopic (exact) mass is 320 g/mol. The number of carbonyl (C=O) groups is 1. The number of carbonyl (C=O) groups excluding carboxylic acids is 1. The number of anilines is 1. The number of benzene rings is 2. The van der Waals surface area contributed by atoms with Crippen LogP contribution in [0.15, 0.2) is 36.4 Å². The second kappa shape index (κ2) is 6.79. The molecule has 1 atom stereocenters. The van der Waals surface area contributed by atoms with Gasteiger partial charge in [-0.3, -0.25) is 0 Å². The summed E-state index contributed by atoms with van der Waals surface area (Å²) in [4.78, 5) is 12.0. The van der Waals surface area contributed by atoms with Crippen LogP contribution >= 0.6 is 11.6 Å². The third-order valence-electron chi connectivity index (χ3n) is 3.36. The number of halogens is 1. The Morgan fingerprint density at radius 3 is 2.45 bits per heavy atom. The summed E-state index contributed by atoms with van der Waals surface area (Å²) in [5, 5.41) is 0.501. The molecule has 0 saturated carbocycles. The van der Waals surface area contributed by atoms with Crippen LogP contribution in [0, 0.1) is 0 Å². The highest BCUT2D eigenvalue weighted by atomic mass is 35.5. The maximum Gasteiger partial charge on any atom is 0.338 e. The molecule has 0 amide bonds. The number of nitrogens with two attached hydrogens (primary N) is 2. The lowest BCUT2D eigenvalue weighted by molar-refractivity contribution is 0.0586. The molecule has 1 unspecified atom stereocenters. The van der Waals surface area contributed by atoms with Crippen molar-refractivity contribution in [2.45, 2.75) is 6.23 Å². The average molecular weight is 321 g/mol. The lowest BCUT2D eigenvalue weighted by Crippen LogP contribution is -2.19. The molecule has 22 heavy (non-hydrogen) atoms. The summed E-state index contributed by atoms with van der Waals surface area (Å²) >= 11 is 6.26. The largest absolute Gasteiger partial charge is 0.465 e. The zero-order valence-electron chi connectivity index (χ0n) is 12.3. The quantitative estimate of drug-likeness (QED) is 0.513. The Labute approximate surface area is 133 Å². The molecule has 0 aliphatic heterocycles. The molecule has 0 saturated heterocycles. The molecule has 0 aliphatic carbocycles. The number of esters is 1. The van der Waals surface area contributed by atoms with E-state index in [9.17, 15) is 4.79 Å². The van der Waals surface area contributed by atoms with E-state index in [1.54, 1.807) is 24.3 Å². The molecule has 2 aromatic carbocycles. The molecule has 0 heterocycles. The topological polar surface area (TPSA) is 87.6 Å². The molecule has 0 radical (unpaired) electrons. The molecular weight excluding hydrogens is 304 g/mol. The third-order valence-corrected chi connectivity index (χ3v) is 3.69. The first-order chi connectivity index (χ1) is 10.5. The van der Waals surface area contributed by atoms with E-state index in [0.29, 0.717) is 33.0 Å². The molecule has 0 aliphatic rings. The van der Waals surface area contributed by atoms with Gasteiger partial charge in [0.15, 0.2) is 0 Å². The highest BCUT2D eigenvalue weighted by Crippen LogP contribution is 2.39. The lowest BCUT2D eigenvalue weighted by Gasteiger charge is -2.21. The first kappa shape index (κ1) is 16.3. The fourth-order valence-corrected chi connectivity index (χ4v) is 2.53. The third kappa shape index (κ3) is 2.92. The Bertz CT molecular complexity index is 704. The van der Waals surface area contributed by atoms with Crippen molar-refractivity contribution in [3.63, 3.8) is 0 Å². The van der Waals surface area contributed by atoms with E-state index in [1.165, 1.54) is 14.2 Å². The van der Waals surface area contributed by atoms with Gasteiger partial charge in [0.1, 0.15) is 6.23 Å². The van der Waals surface area contributed by atoms with Crippen LogP contribution in [0.3, 0.4) is 0 Å². The van der Waals surface area contributed by atoms with Gasteiger partial charge in [-0.15, -0.1) is 0 Å². The molecule has 116 valence electrons. The van der Waals surface area contributed by atoms with Crippen molar-refractivity contribution in [1.29, 1.82) is 0 Å². The van der Waals surface area contributed by atoms with Crippen LogP contribution in [-0.4, -0.2) is 20.2 Å². The normalized spacial score (nSPS) is 12.0. The van der Waals surface area contributed by atoms with Gasteiger partial charge in [-0.25, -0.2) is 4.79 Å². The Morgan fingerprint density at radius 2 is 1.86 bits per heavy atom. The van der Waals surface area contributed by atoms with Gasteiger partial charge in [0.05, 0.1) is 12.7 Å². The molecule has 5 nitrogen and oxygen atoms in total. The summed E-state index contributed by atoms with van der Waals surface area (Å²) in [7, 11) is 2.75. The van der Waals surface area contributed by atoms with Crippen LogP contribution in [0.1, 0.15) is 22.1 Å². The van der Waals surface area contributed by atoms with E-state index in [1.807, 2.05) is 12.1 Å². The predicted octanol–water partition coefficient (Wildman–Crippen LogP) is 2.98. The van der Waals surface area contributed by atoms with Crippen LogP contribution in [0.4, 0.5) is 5.69 Å². The highest BCUT2D eigenvalue weighted by Gasteiger charge is 2.24. The zero-order valence-corrected chi connectivity index (χ0v) is 13.1. The first-order valence-electron chi connectivity index (χ1n) is 6.55. The second-order valence-corrected chi connectivity index (χ2v) is 5.03. The second-order valence-electron chi connectivity index (χ2n) is 4.62. The number of hydrogen-bond acceptors (Lipinski definition) is 5. The summed E-state index contributed by atoms with van der Waals surface area (Å²) in [6.45, 7) is 0. The molecule has 0 bridgehead atoms. The van der Waals surface area contributed by atoms with Gasteiger partial charge >= 0.3 is 5.97 Å². The van der Waals surface area contributed by atoms with Gasteiger partial charge in [0, 0.05) is 34.5 Å². The van der Waals surface area contributed by atoms with E-state index >= 15 is 0 Å². The van der Waals surface area contributed by atoms with Crippen molar-refractivity contribution in [3.05, 3.63) is 52.5 Å². The SMILES string of the molecule is COC(=O)c1ccc(N)c(-c2ccccc2Cl)c1C(N)OC. The van der Waals surface area contributed by atoms with E-state index in [0.717, 1.165) is 0 Å². The molecule has 2 rings (SSSR count). The standard InChI is InChI=1S/C16H17ClN2O3/c1-21-15(19)14-10(16(20)22-2)7-8-12(18)13(14)9-5-3-4-6-11(9)17/h3-8,15H,18-19H2,1-2H3. The van der Waals surface area contributed by atoms with Crippen LogP contribution in [-0.2, 0) is 9.47 Å². The van der Waals surface area contributed by atoms with E-state index < -0.39 is 12.2 Å². The highest BCUT2D eigenvalue weighted by molar-refractivity contribution is 6.33. The number of hydrogen-bond donors (Lipinski definition) is 2. The van der Waals surface area contributed by atoms with E-state index in [-0.39, 0.29) is 0 Å². The average Bonchev–Trinajstić information content (AvgIpc) is 2.54. The molecule has 0 aromatic heterocycles. The molecule has 4 N–H and O–H groups in total. The molecule has 6 heteroatoms. The summed E-state index contributed by atoms with van der Waals surface area (Å²) in [6, 6.07) is 10.4. The summed E-state index contributed by atoms with van der Waals surface area (Å²) < 4.78 is 10.0. The minimum atomic E-state index is -0.844. The summed E-state index contributed by atoms with van der Waals surface area (Å²) in [5.41, 5.74) is 14.6. The van der Waals surface area contributed by atoms with Crippen LogP contribution < -0.4 is 11.5 Å². The fourth-order valence-electron chi connectivity index (χ4n) is 2.30. The van der Waals surface area contributed by atoms with Crippen molar-refractivity contribution in [2.75, 3.05) is 20.0 Å². The van der Waals surface area contributed by atoms with E-state index in [2.05, 4.69) is 0 Å². The zero-order chi connectivity index (χ0) is 16.3. The van der Waals surface area contributed by atoms with Gasteiger partial charge < -0.3 is 20.9 Å². The van der Waals surface area contributed by atoms with Crippen molar-refractivity contribution in [3.8, 4) is 11.1 Å². The Morgan fingerprint density at radius 1 is 1.18 bits per heavy atom. The minimum Gasteiger partial charge on any atom is -0.465 e. The van der Waals surface area contributed by atoms with Gasteiger partial charge in [0.25, 0.3) is 0 Å². The summed E-state index contributed by atoms with van der Waals surface area (Å²) in [5.74, 6) is -0.518. The van der Waals surface area contributed by atoms with Crippen molar-refractivity contribution in [2.24, 2.45) is 5.73 Å². The molecule has 0 spiro atoms. The van der Waals surface area contributed by atoms with Gasteiger partial charge in [-0.05, 0) is 18.2 Å². The number of methoxy groups -OCH3 is 2. The molecule has 0 fully saturated rings. The van der Waals surface area contributed by atoms with Gasteiger partial charge in [-0.2, -0.15) is 0 Å². The number of nitrogen functional groups attached to an aromatic ring is 1. The van der Waals surface area contributed by atoms with Crippen molar-refractivity contribution >= 4 is 23.3 Å². The number of rotatable bonds is 4. The molecule has 2 aromatic rings. The Balaban J connectivity index is 2.82. The maximum atomic E-state index is 12.0. The first-order valence-corrected chi connectivity index (χ1v) is 6.93. The van der Waals surface area contributed by atoms with Gasteiger partial charge in [-0.1, -0.05) is 29.8 Å². The predicted molar refractivity (Wildman–Crippen MR) is 86.6 cm³/mol. The lowest BCUT2D eigenvalue weighted by atomic mass is 9.92. The number of ether oxygens (including phenoxy) is 2. The molecular formula is C16H17ClN2O3. The van der Waals surface area contributed by atoms with E-state index in [4.69, 9.17) is 32.5 Å². The fraction of sp³-hybridized carbons (Fsp3) is 0.188.